The van der Waals surface area contributed by atoms with Crippen molar-refractivity contribution in [1.82, 2.24) is 4.90 Å². The van der Waals surface area contributed by atoms with Crippen molar-refractivity contribution in [3.8, 4) is 5.75 Å². The predicted octanol–water partition coefficient (Wildman–Crippen LogP) is 4.06. The lowest BCUT2D eigenvalue weighted by atomic mass is 9.87. The maximum absolute atomic E-state index is 12.8. The normalized spacial score (nSPS) is 22.2. The molecule has 0 aromatic heterocycles. The zero-order chi connectivity index (χ0) is 18.1. The van der Waals surface area contributed by atoms with E-state index in [4.69, 9.17) is 21.1 Å². The van der Waals surface area contributed by atoms with Gasteiger partial charge in [-0.25, -0.2) is 0 Å². The minimum atomic E-state index is -0.483. The van der Waals surface area contributed by atoms with Crippen molar-refractivity contribution in [2.45, 2.75) is 24.4 Å². The van der Waals surface area contributed by atoms with E-state index < -0.39 is 5.56 Å². The minimum Gasteiger partial charge on any atom is -0.497 e. The summed E-state index contributed by atoms with van der Waals surface area (Å²) in [6.07, 6.45) is 0.675. The van der Waals surface area contributed by atoms with E-state index in [1.165, 1.54) is 5.56 Å². The second-order valence-electron chi connectivity index (χ2n) is 6.59. The quantitative estimate of drug-likeness (QED) is 0.763. The zero-order valence-electron chi connectivity index (χ0n) is 14.5. The van der Waals surface area contributed by atoms with Gasteiger partial charge in [0.05, 0.1) is 7.11 Å². The van der Waals surface area contributed by atoms with Crippen molar-refractivity contribution < 1.29 is 14.3 Å². The molecule has 0 spiro atoms. The first kappa shape index (κ1) is 17.0. The number of amides is 1. The van der Waals surface area contributed by atoms with Gasteiger partial charge in [0.15, 0.2) is 11.3 Å². The van der Waals surface area contributed by atoms with Crippen LogP contribution < -0.4 is 4.74 Å². The minimum absolute atomic E-state index is 0.0814. The summed E-state index contributed by atoms with van der Waals surface area (Å²) in [7, 11) is 1.64. The van der Waals surface area contributed by atoms with Crippen molar-refractivity contribution in [1.29, 1.82) is 0 Å². The van der Waals surface area contributed by atoms with Crippen molar-refractivity contribution >= 4 is 17.5 Å². The maximum atomic E-state index is 12.8. The molecule has 0 aliphatic carbocycles. The fraction of sp³-hybridized carbons (Fsp3) is 0.286. The summed E-state index contributed by atoms with van der Waals surface area (Å²) in [4.78, 5) is 14.7. The lowest BCUT2D eigenvalue weighted by molar-refractivity contribution is -0.129. The largest absolute Gasteiger partial charge is 0.497 e. The Kier molecular flexibility index (Phi) is 4.60. The number of alkyl halides is 1. The maximum Gasteiger partial charge on any atom is 0.289 e. The molecule has 2 aromatic carbocycles. The first-order valence-corrected chi connectivity index (χ1v) is 9.10. The van der Waals surface area contributed by atoms with Gasteiger partial charge in [-0.3, -0.25) is 4.79 Å². The first-order chi connectivity index (χ1) is 12.7. The summed E-state index contributed by atoms with van der Waals surface area (Å²) in [6, 6.07) is 17.9. The molecule has 1 amide bonds. The van der Waals surface area contributed by atoms with Gasteiger partial charge in [0.25, 0.3) is 5.91 Å². The average Bonchev–Trinajstić information content (AvgIpc) is 2.98. The number of methoxy groups -OCH3 is 1. The molecule has 4 rings (SSSR count). The van der Waals surface area contributed by atoms with Gasteiger partial charge >= 0.3 is 0 Å². The van der Waals surface area contributed by atoms with Crippen LogP contribution in [0.4, 0.5) is 0 Å². The van der Waals surface area contributed by atoms with Crippen LogP contribution in [0.2, 0.25) is 0 Å². The molecule has 2 heterocycles. The van der Waals surface area contributed by atoms with Crippen LogP contribution in [0, 0.1) is 0 Å². The number of nitrogens with zero attached hydrogens (tertiary/aromatic N) is 1. The van der Waals surface area contributed by atoms with E-state index in [0.717, 1.165) is 16.9 Å². The van der Waals surface area contributed by atoms with Crippen molar-refractivity contribution in [2.24, 2.45) is 0 Å². The topological polar surface area (TPSA) is 38.8 Å². The Bertz CT molecular complexity index is 832. The number of hydrogen-bond donors (Lipinski definition) is 0. The van der Waals surface area contributed by atoms with E-state index in [9.17, 15) is 4.79 Å². The fourth-order valence-electron chi connectivity index (χ4n) is 3.63. The second kappa shape index (κ2) is 7.04. The zero-order valence-corrected chi connectivity index (χ0v) is 15.3. The molecular formula is C21H20ClNO3. The summed E-state index contributed by atoms with van der Waals surface area (Å²) in [5, 5.41) is 0. The number of carbonyl (C=O) groups is 1. The predicted molar refractivity (Wildman–Crippen MR) is 100.0 cm³/mol. The highest BCUT2D eigenvalue weighted by molar-refractivity contribution is 6.20. The molecule has 0 radical (unpaired) electrons. The van der Waals surface area contributed by atoms with Gasteiger partial charge < -0.3 is 14.4 Å². The van der Waals surface area contributed by atoms with Crippen LogP contribution in [-0.4, -0.2) is 30.0 Å². The molecule has 134 valence electrons. The van der Waals surface area contributed by atoms with Crippen LogP contribution in [0.1, 0.15) is 23.5 Å². The summed E-state index contributed by atoms with van der Waals surface area (Å²) in [5.74, 6) is 1.27. The molecule has 0 N–H and O–H groups in total. The molecule has 2 aliphatic rings. The van der Waals surface area contributed by atoms with E-state index in [2.05, 4.69) is 12.1 Å². The van der Waals surface area contributed by atoms with E-state index in [1.54, 1.807) is 7.11 Å². The first-order valence-electron chi connectivity index (χ1n) is 8.66. The summed E-state index contributed by atoms with van der Waals surface area (Å²) in [6.45, 7) is 1.11. The molecular weight excluding hydrogens is 350 g/mol. The van der Waals surface area contributed by atoms with E-state index in [-0.39, 0.29) is 11.8 Å². The highest BCUT2D eigenvalue weighted by Gasteiger charge is 2.41. The molecule has 2 aromatic rings. The number of ether oxygens (including phenoxy) is 2. The molecule has 0 saturated carbocycles. The smallest absolute Gasteiger partial charge is 0.289 e. The van der Waals surface area contributed by atoms with Gasteiger partial charge in [-0.15, -0.1) is 0 Å². The Labute approximate surface area is 158 Å². The van der Waals surface area contributed by atoms with E-state index in [1.807, 2.05) is 47.4 Å². The molecule has 2 aliphatic heterocycles. The van der Waals surface area contributed by atoms with Crippen LogP contribution >= 0.6 is 11.6 Å². The van der Waals surface area contributed by atoms with Crippen LogP contribution in [0.3, 0.4) is 0 Å². The van der Waals surface area contributed by atoms with E-state index >= 15 is 0 Å². The molecule has 26 heavy (non-hydrogen) atoms. The monoisotopic (exact) mass is 369 g/mol. The van der Waals surface area contributed by atoms with Gasteiger partial charge in [0.1, 0.15) is 5.75 Å². The second-order valence-corrected chi connectivity index (χ2v) is 7.08. The fourth-order valence-corrected chi connectivity index (χ4v) is 3.90. The Morgan fingerprint density at radius 3 is 2.58 bits per heavy atom. The summed E-state index contributed by atoms with van der Waals surface area (Å²) < 4.78 is 10.9. The SMILES string of the molecule is COc1ccc(CN2CC3=C(O[C@H](Cl)C[C@H]3c3ccccc3)C2=O)cc1. The molecule has 0 unspecified atom stereocenters. The lowest BCUT2D eigenvalue weighted by Crippen LogP contribution is -2.27. The number of carbonyl (C=O) groups excluding carboxylic acids is 1. The van der Waals surface area contributed by atoms with Crippen LogP contribution in [0.25, 0.3) is 0 Å². The number of halogens is 1. The lowest BCUT2D eigenvalue weighted by Gasteiger charge is -2.27. The Morgan fingerprint density at radius 1 is 1.15 bits per heavy atom. The van der Waals surface area contributed by atoms with Crippen molar-refractivity contribution in [3.05, 3.63) is 77.1 Å². The van der Waals surface area contributed by atoms with E-state index in [0.29, 0.717) is 25.3 Å². The van der Waals surface area contributed by atoms with Crippen molar-refractivity contribution in [3.63, 3.8) is 0 Å². The van der Waals surface area contributed by atoms with Gasteiger partial charge in [0, 0.05) is 31.0 Å². The number of rotatable bonds is 4. The van der Waals surface area contributed by atoms with Crippen LogP contribution in [0.5, 0.6) is 5.75 Å². The number of benzene rings is 2. The third-order valence-electron chi connectivity index (χ3n) is 4.96. The van der Waals surface area contributed by atoms with Gasteiger partial charge in [0.2, 0.25) is 0 Å². The molecule has 0 bridgehead atoms. The molecule has 0 saturated heterocycles. The third kappa shape index (κ3) is 3.17. The molecule has 5 heteroatoms. The number of hydrogen-bond acceptors (Lipinski definition) is 3. The highest BCUT2D eigenvalue weighted by atomic mass is 35.5. The highest BCUT2D eigenvalue weighted by Crippen LogP contribution is 2.42. The molecule has 4 nitrogen and oxygen atoms in total. The molecule has 2 atom stereocenters. The van der Waals surface area contributed by atoms with Gasteiger partial charge in [-0.2, -0.15) is 0 Å². The average molecular weight is 370 g/mol. The van der Waals surface area contributed by atoms with Crippen molar-refractivity contribution in [2.75, 3.05) is 13.7 Å². The van der Waals surface area contributed by atoms with Crippen LogP contribution in [-0.2, 0) is 16.1 Å². The van der Waals surface area contributed by atoms with Gasteiger partial charge in [-0.05, 0) is 23.3 Å². The summed E-state index contributed by atoms with van der Waals surface area (Å²) in [5.41, 5.74) is 2.78. The standard InChI is InChI=1S/C21H20ClNO3/c1-25-16-9-7-14(8-10-16)12-23-13-18-17(15-5-3-2-4-6-15)11-19(22)26-20(18)21(23)24/h2-10,17,19H,11-13H2,1H3/t17-,19-/m0/s1. The summed E-state index contributed by atoms with van der Waals surface area (Å²) >= 11 is 6.29. The third-order valence-corrected chi connectivity index (χ3v) is 5.22. The Morgan fingerprint density at radius 2 is 1.88 bits per heavy atom. The Balaban J connectivity index is 1.57. The Hall–Kier alpha value is -2.46. The van der Waals surface area contributed by atoms with Gasteiger partial charge in [-0.1, -0.05) is 54.1 Å². The molecule has 0 fully saturated rings. The van der Waals surface area contributed by atoms with Crippen LogP contribution in [0.15, 0.2) is 65.9 Å².